The summed E-state index contributed by atoms with van der Waals surface area (Å²) in [5, 5.41) is 0. The van der Waals surface area contributed by atoms with E-state index < -0.39 is 10.1 Å². The maximum atomic E-state index is 12.2. The number of hydrogen-bond acceptors (Lipinski definition) is 4. The summed E-state index contributed by atoms with van der Waals surface area (Å²) in [5.74, 6) is 0.262. The second kappa shape index (κ2) is 7.97. The van der Waals surface area contributed by atoms with Gasteiger partial charge in [-0.2, -0.15) is 8.42 Å². The van der Waals surface area contributed by atoms with Crippen LogP contribution >= 0.6 is 0 Å². The maximum Gasteiger partial charge on any atom is 0.339 e. The van der Waals surface area contributed by atoms with E-state index in [0.717, 1.165) is 17.7 Å². The smallest absolute Gasteiger partial charge is 0.339 e. The summed E-state index contributed by atoms with van der Waals surface area (Å²) in [7, 11) is -3.82. The molecule has 0 saturated heterocycles. The molecule has 3 rings (SSSR count). The van der Waals surface area contributed by atoms with Gasteiger partial charge in [-0.05, 0) is 66.1 Å². The second-order valence-corrected chi connectivity index (χ2v) is 7.24. The topological polar surface area (TPSA) is 55.7 Å². The van der Waals surface area contributed by atoms with Crippen LogP contribution in [0.4, 0.5) is 5.69 Å². The summed E-state index contributed by atoms with van der Waals surface area (Å²) < 4.78 is 29.6. The molecular formula is C21H19NO3S. The van der Waals surface area contributed by atoms with E-state index in [0.29, 0.717) is 0 Å². The molecule has 0 aliphatic heterocycles. The summed E-state index contributed by atoms with van der Waals surface area (Å²) in [6.45, 7) is 2.11. The van der Waals surface area contributed by atoms with E-state index in [4.69, 9.17) is 4.18 Å². The minimum absolute atomic E-state index is 0.126. The van der Waals surface area contributed by atoms with Gasteiger partial charge in [-0.15, -0.1) is 0 Å². The number of aliphatic imine (C=N–C) groups is 1. The normalized spacial score (nSPS) is 11.6. The Kier molecular flexibility index (Phi) is 5.49. The van der Waals surface area contributed by atoms with E-state index in [1.807, 2.05) is 12.1 Å². The second-order valence-electron chi connectivity index (χ2n) is 5.70. The van der Waals surface area contributed by atoms with Crippen LogP contribution in [0.5, 0.6) is 5.75 Å². The monoisotopic (exact) mass is 365 g/mol. The molecule has 0 saturated carbocycles. The number of rotatable bonds is 6. The molecule has 0 aromatic heterocycles. The quantitative estimate of drug-likeness (QED) is 0.467. The molecule has 4 nitrogen and oxygen atoms in total. The first-order valence-corrected chi connectivity index (χ1v) is 9.70. The zero-order chi connectivity index (χ0) is 18.4. The number of aryl methyl sites for hydroxylation is 1. The Bertz CT molecular complexity index is 978. The Labute approximate surface area is 153 Å². The average Bonchev–Trinajstić information content (AvgIpc) is 2.68. The van der Waals surface area contributed by atoms with Gasteiger partial charge in [0.1, 0.15) is 10.6 Å². The van der Waals surface area contributed by atoms with Gasteiger partial charge in [-0.3, -0.25) is 4.99 Å². The third-order valence-corrected chi connectivity index (χ3v) is 5.09. The standard InChI is InChI=1S/C21H19NO3S/c1-2-17-8-12-19(13-9-17)22-16-18-10-14-20(15-11-18)25-26(23,24)21-6-4-3-5-7-21/h3-16H,2H2,1H3. The van der Waals surface area contributed by atoms with Crippen molar-refractivity contribution in [2.75, 3.05) is 0 Å². The summed E-state index contributed by atoms with van der Waals surface area (Å²) in [5.41, 5.74) is 2.99. The Morgan fingerprint density at radius 2 is 1.54 bits per heavy atom. The van der Waals surface area contributed by atoms with Gasteiger partial charge >= 0.3 is 10.1 Å². The van der Waals surface area contributed by atoms with Gasteiger partial charge in [-0.1, -0.05) is 37.3 Å². The number of benzene rings is 3. The van der Waals surface area contributed by atoms with E-state index in [2.05, 4.69) is 24.0 Å². The Morgan fingerprint density at radius 3 is 2.15 bits per heavy atom. The van der Waals surface area contributed by atoms with Crippen LogP contribution in [0.3, 0.4) is 0 Å². The first kappa shape index (κ1) is 17.9. The molecular weight excluding hydrogens is 346 g/mol. The molecule has 0 radical (unpaired) electrons. The molecule has 0 unspecified atom stereocenters. The minimum Gasteiger partial charge on any atom is -0.379 e. The predicted molar refractivity (Wildman–Crippen MR) is 104 cm³/mol. The van der Waals surface area contributed by atoms with Crippen molar-refractivity contribution in [3.8, 4) is 5.75 Å². The molecule has 0 bridgehead atoms. The fraction of sp³-hybridized carbons (Fsp3) is 0.0952. The number of nitrogens with zero attached hydrogens (tertiary/aromatic N) is 1. The van der Waals surface area contributed by atoms with Crippen molar-refractivity contribution in [2.45, 2.75) is 18.2 Å². The summed E-state index contributed by atoms with van der Waals surface area (Å²) in [6, 6.07) is 22.9. The molecule has 132 valence electrons. The summed E-state index contributed by atoms with van der Waals surface area (Å²) in [6.07, 6.45) is 2.73. The van der Waals surface area contributed by atoms with Gasteiger partial charge in [0, 0.05) is 6.21 Å². The van der Waals surface area contributed by atoms with E-state index in [1.165, 1.54) is 17.7 Å². The van der Waals surface area contributed by atoms with Crippen LogP contribution in [-0.2, 0) is 16.5 Å². The molecule has 0 spiro atoms. The summed E-state index contributed by atoms with van der Waals surface area (Å²) >= 11 is 0. The molecule has 0 aliphatic carbocycles. The molecule has 0 aliphatic rings. The molecule has 0 atom stereocenters. The van der Waals surface area contributed by atoms with Crippen LogP contribution in [0.15, 0.2) is 88.8 Å². The minimum atomic E-state index is -3.82. The van der Waals surface area contributed by atoms with Gasteiger partial charge < -0.3 is 4.18 Å². The van der Waals surface area contributed by atoms with Crippen LogP contribution in [0, 0.1) is 0 Å². The van der Waals surface area contributed by atoms with Crippen molar-refractivity contribution in [1.29, 1.82) is 0 Å². The lowest BCUT2D eigenvalue weighted by Gasteiger charge is -2.06. The lowest BCUT2D eigenvalue weighted by molar-refractivity contribution is 0.486. The largest absolute Gasteiger partial charge is 0.379 e. The maximum absolute atomic E-state index is 12.2. The fourth-order valence-electron chi connectivity index (χ4n) is 2.34. The highest BCUT2D eigenvalue weighted by molar-refractivity contribution is 7.87. The highest BCUT2D eigenvalue weighted by atomic mass is 32.2. The lowest BCUT2D eigenvalue weighted by Crippen LogP contribution is -2.09. The first-order valence-electron chi connectivity index (χ1n) is 8.29. The van der Waals surface area contributed by atoms with Crippen molar-refractivity contribution < 1.29 is 12.6 Å². The van der Waals surface area contributed by atoms with E-state index >= 15 is 0 Å². The highest BCUT2D eigenvalue weighted by Crippen LogP contribution is 2.19. The summed E-state index contributed by atoms with van der Waals surface area (Å²) in [4.78, 5) is 4.55. The van der Waals surface area contributed by atoms with E-state index in [-0.39, 0.29) is 10.6 Å². The van der Waals surface area contributed by atoms with E-state index in [9.17, 15) is 8.42 Å². The van der Waals surface area contributed by atoms with Crippen LogP contribution in [0.2, 0.25) is 0 Å². The zero-order valence-electron chi connectivity index (χ0n) is 14.4. The highest BCUT2D eigenvalue weighted by Gasteiger charge is 2.15. The van der Waals surface area contributed by atoms with Crippen molar-refractivity contribution in [3.05, 3.63) is 90.0 Å². The van der Waals surface area contributed by atoms with Gasteiger partial charge in [0.25, 0.3) is 0 Å². The molecule has 3 aromatic carbocycles. The van der Waals surface area contributed by atoms with Crippen molar-refractivity contribution in [2.24, 2.45) is 4.99 Å². The van der Waals surface area contributed by atoms with Crippen molar-refractivity contribution in [1.82, 2.24) is 0 Å². The predicted octanol–water partition coefficient (Wildman–Crippen LogP) is 4.77. The Hall–Kier alpha value is -2.92. The van der Waals surface area contributed by atoms with Gasteiger partial charge in [0.15, 0.2) is 0 Å². The molecule has 0 fully saturated rings. The Balaban J connectivity index is 1.69. The van der Waals surface area contributed by atoms with Gasteiger partial charge in [0.05, 0.1) is 5.69 Å². The lowest BCUT2D eigenvalue weighted by atomic mass is 10.1. The first-order chi connectivity index (χ1) is 12.6. The van der Waals surface area contributed by atoms with Crippen LogP contribution in [0.25, 0.3) is 0 Å². The molecule has 26 heavy (non-hydrogen) atoms. The van der Waals surface area contributed by atoms with Crippen LogP contribution in [0.1, 0.15) is 18.1 Å². The average molecular weight is 365 g/mol. The SMILES string of the molecule is CCc1ccc(N=Cc2ccc(OS(=O)(=O)c3ccccc3)cc2)cc1. The molecule has 0 N–H and O–H groups in total. The Morgan fingerprint density at radius 1 is 0.885 bits per heavy atom. The zero-order valence-corrected chi connectivity index (χ0v) is 15.2. The van der Waals surface area contributed by atoms with Crippen molar-refractivity contribution in [3.63, 3.8) is 0 Å². The third kappa shape index (κ3) is 4.58. The number of hydrogen-bond donors (Lipinski definition) is 0. The van der Waals surface area contributed by atoms with Crippen LogP contribution in [-0.4, -0.2) is 14.6 Å². The van der Waals surface area contributed by atoms with Crippen molar-refractivity contribution >= 4 is 22.0 Å². The fourth-order valence-corrected chi connectivity index (χ4v) is 3.29. The molecule has 0 heterocycles. The third-order valence-electron chi connectivity index (χ3n) is 3.83. The molecule has 3 aromatic rings. The van der Waals surface area contributed by atoms with Crippen LogP contribution < -0.4 is 4.18 Å². The van der Waals surface area contributed by atoms with Gasteiger partial charge in [0.2, 0.25) is 0 Å². The van der Waals surface area contributed by atoms with Gasteiger partial charge in [-0.25, -0.2) is 0 Å². The van der Waals surface area contributed by atoms with E-state index in [1.54, 1.807) is 48.7 Å². The molecule has 0 amide bonds. The molecule has 5 heteroatoms.